The second-order valence-corrected chi connectivity index (χ2v) is 11.1. The third-order valence-electron chi connectivity index (χ3n) is 8.95. The van der Waals surface area contributed by atoms with Crippen LogP contribution in [0.15, 0.2) is 12.2 Å². The molecule has 0 amide bonds. The molecule has 3 unspecified atom stereocenters. The lowest BCUT2D eigenvalue weighted by Crippen LogP contribution is -2.62. The second-order valence-electron chi connectivity index (χ2n) is 11.1. The Hall–Kier alpha value is -1.40. The minimum atomic E-state index is -0.705. The number of rotatable bonds is 6. The Morgan fingerprint density at radius 1 is 1.12 bits per heavy atom. The van der Waals surface area contributed by atoms with Gasteiger partial charge >= 0.3 is 11.9 Å². The first-order valence-corrected chi connectivity index (χ1v) is 12.6. The topological polar surface area (TPSA) is 82.1 Å². The number of aliphatic hydroxyl groups excluding tert-OH is 1. The van der Waals surface area contributed by atoms with Gasteiger partial charge in [0, 0.05) is 18.4 Å². The van der Waals surface area contributed by atoms with E-state index in [1.165, 1.54) is 19.3 Å². The van der Waals surface area contributed by atoms with Gasteiger partial charge in [0.1, 0.15) is 30.0 Å². The third kappa shape index (κ3) is 4.02. The van der Waals surface area contributed by atoms with Gasteiger partial charge in [0.15, 0.2) is 0 Å². The molecule has 2 bridgehead atoms. The predicted octanol–water partition coefficient (Wildman–Crippen LogP) is 4.19. The maximum atomic E-state index is 13.0. The number of hydrogen-bond acceptors (Lipinski definition) is 6. The molecule has 0 aromatic carbocycles. The largest absolute Gasteiger partial charge is 0.457 e. The fourth-order valence-corrected chi connectivity index (χ4v) is 7.15. The third-order valence-corrected chi connectivity index (χ3v) is 8.95. The molecule has 180 valence electrons. The summed E-state index contributed by atoms with van der Waals surface area (Å²) in [5.41, 5.74) is -1.34. The number of carbonyl (C=O) groups is 2. The van der Waals surface area contributed by atoms with E-state index in [1.54, 1.807) is 6.08 Å². The number of esters is 2. The van der Waals surface area contributed by atoms with E-state index in [0.29, 0.717) is 18.3 Å². The molecule has 0 spiro atoms. The minimum Gasteiger partial charge on any atom is -0.457 e. The molecule has 2 heterocycles. The smallest absolute Gasteiger partial charge is 0.332 e. The lowest BCUT2D eigenvalue weighted by atomic mass is 9.69. The number of carbonyl (C=O) groups excluding carboxylic acids is 2. The van der Waals surface area contributed by atoms with Gasteiger partial charge < -0.3 is 19.3 Å². The van der Waals surface area contributed by atoms with E-state index in [1.807, 2.05) is 13.0 Å². The van der Waals surface area contributed by atoms with Crippen LogP contribution in [0.2, 0.25) is 0 Å². The van der Waals surface area contributed by atoms with E-state index in [4.69, 9.17) is 14.2 Å². The van der Waals surface area contributed by atoms with E-state index < -0.39 is 29.9 Å². The molecule has 2 saturated heterocycles. The van der Waals surface area contributed by atoms with Crippen molar-refractivity contribution in [3.8, 4) is 0 Å². The van der Waals surface area contributed by atoms with E-state index in [0.717, 1.165) is 25.7 Å². The Morgan fingerprint density at radius 2 is 1.84 bits per heavy atom. The first-order valence-electron chi connectivity index (χ1n) is 12.6. The van der Waals surface area contributed by atoms with Gasteiger partial charge in [-0.3, -0.25) is 0 Å². The fraction of sp³-hybridized carbons (Fsp3) is 0.846. The molecule has 0 radical (unpaired) electrons. The number of allylic oxidation sites excluding steroid dienone is 1. The normalized spacial score (nSPS) is 41.8. The van der Waals surface area contributed by atoms with Crippen LogP contribution < -0.4 is 0 Å². The zero-order chi connectivity index (χ0) is 23.1. The summed E-state index contributed by atoms with van der Waals surface area (Å²) >= 11 is 0. The summed E-state index contributed by atoms with van der Waals surface area (Å²) in [6, 6.07) is 0. The van der Waals surface area contributed by atoms with Gasteiger partial charge in [0.05, 0.1) is 0 Å². The van der Waals surface area contributed by atoms with E-state index >= 15 is 0 Å². The molecule has 4 fully saturated rings. The lowest BCUT2D eigenvalue weighted by Gasteiger charge is -2.52. The molecule has 6 nitrogen and oxygen atoms in total. The van der Waals surface area contributed by atoms with Gasteiger partial charge in [0.2, 0.25) is 0 Å². The first-order chi connectivity index (χ1) is 15.2. The second kappa shape index (κ2) is 9.09. The highest BCUT2D eigenvalue weighted by atomic mass is 16.6. The first kappa shape index (κ1) is 23.7. The van der Waals surface area contributed by atoms with Crippen LogP contribution in [-0.2, 0) is 23.8 Å². The Kier molecular flexibility index (Phi) is 6.75. The van der Waals surface area contributed by atoms with Gasteiger partial charge in [-0.15, -0.1) is 0 Å². The summed E-state index contributed by atoms with van der Waals surface area (Å²) in [6.45, 7) is 7.82. The SMILES string of the molecule is CC(C)[C@]12CC(OC(=O)CO)[C@](C)(O1)C1CC[C@@H](C)C1[C@@H]2OC(=O)/C=C/C1CCCCC1. The van der Waals surface area contributed by atoms with Crippen LogP contribution in [0.25, 0.3) is 0 Å². The van der Waals surface area contributed by atoms with Crippen molar-refractivity contribution in [2.45, 2.75) is 102 Å². The molecule has 6 heteroatoms. The van der Waals surface area contributed by atoms with Crippen LogP contribution in [0.3, 0.4) is 0 Å². The Morgan fingerprint density at radius 3 is 2.50 bits per heavy atom. The van der Waals surface area contributed by atoms with Crippen molar-refractivity contribution in [3.05, 3.63) is 12.2 Å². The van der Waals surface area contributed by atoms with E-state index in [-0.39, 0.29) is 29.8 Å². The zero-order valence-electron chi connectivity index (χ0n) is 20.0. The van der Waals surface area contributed by atoms with Crippen LogP contribution >= 0.6 is 0 Å². The lowest BCUT2D eigenvalue weighted by molar-refractivity contribution is -0.264. The molecule has 2 aliphatic heterocycles. The average Bonchev–Trinajstić information content (AvgIpc) is 3.28. The summed E-state index contributed by atoms with van der Waals surface area (Å²) in [6.07, 6.45) is 11.3. The minimum absolute atomic E-state index is 0.0773. The zero-order valence-corrected chi connectivity index (χ0v) is 20.0. The molecular weight excluding hydrogens is 408 g/mol. The molecule has 4 aliphatic rings. The maximum absolute atomic E-state index is 13.0. The van der Waals surface area contributed by atoms with Gasteiger partial charge in [0.25, 0.3) is 0 Å². The Balaban J connectivity index is 1.61. The van der Waals surface area contributed by atoms with Crippen molar-refractivity contribution >= 4 is 11.9 Å². The molecule has 0 aromatic rings. The van der Waals surface area contributed by atoms with Crippen molar-refractivity contribution in [1.82, 2.24) is 0 Å². The summed E-state index contributed by atoms with van der Waals surface area (Å²) < 4.78 is 18.8. The van der Waals surface area contributed by atoms with Crippen molar-refractivity contribution in [3.63, 3.8) is 0 Å². The molecule has 0 aromatic heterocycles. The molecule has 2 saturated carbocycles. The molecular formula is C26H40O6. The van der Waals surface area contributed by atoms with Crippen molar-refractivity contribution in [2.75, 3.05) is 6.61 Å². The number of ether oxygens (including phenoxy) is 3. The van der Waals surface area contributed by atoms with Crippen LogP contribution in [0.5, 0.6) is 0 Å². The number of aliphatic hydroxyl groups is 1. The molecule has 2 aliphatic carbocycles. The average molecular weight is 449 g/mol. The van der Waals surface area contributed by atoms with E-state index in [2.05, 4.69) is 20.8 Å². The highest BCUT2D eigenvalue weighted by Crippen LogP contribution is 2.63. The van der Waals surface area contributed by atoms with Gasteiger partial charge in [-0.25, -0.2) is 9.59 Å². The van der Waals surface area contributed by atoms with Gasteiger partial charge in [-0.1, -0.05) is 46.1 Å². The maximum Gasteiger partial charge on any atom is 0.332 e. The highest BCUT2D eigenvalue weighted by molar-refractivity contribution is 5.82. The molecule has 7 atom stereocenters. The quantitative estimate of drug-likeness (QED) is 0.485. The van der Waals surface area contributed by atoms with Crippen LogP contribution in [-0.4, -0.2) is 47.1 Å². The Labute approximate surface area is 192 Å². The van der Waals surface area contributed by atoms with Crippen LogP contribution in [0.1, 0.15) is 79.1 Å². The van der Waals surface area contributed by atoms with Crippen molar-refractivity contribution < 1.29 is 28.9 Å². The Bertz CT molecular complexity index is 741. The standard InChI is InChI=1S/C26H40O6/c1-16(2)26-14-20(30-22(29)15-27)25(4,32-26)19-12-10-17(3)23(19)24(26)31-21(28)13-11-18-8-6-5-7-9-18/h11,13,16-20,23-24,27H,5-10,12,14-15H2,1-4H3/b13-11+/t17-,19?,20?,23?,24+,25-,26+/m1/s1. The molecule has 4 rings (SSSR count). The van der Waals surface area contributed by atoms with Crippen LogP contribution in [0.4, 0.5) is 0 Å². The van der Waals surface area contributed by atoms with E-state index in [9.17, 15) is 14.7 Å². The van der Waals surface area contributed by atoms with Crippen LogP contribution in [0, 0.1) is 29.6 Å². The monoisotopic (exact) mass is 448 g/mol. The summed E-state index contributed by atoms with van der Waals surface area (Å²) in [5, 5.41) is 9.27. The van der Waals surface area contributed by atoms with Gasteiger partial charge in [-0.05, 0) is 56.3 Å². The molecule has 32 heavy (non-hydrogen) atoms. The van der Waals surface area contributed by atoms with Crippen molar-refractivity contribution in [1.29, 1.82) is 0 Å². The fourth-order valence-electron chi connectivity index (χ4n) is 7.15. The molecule has 1 N–H and O–H groups in total. The number of hydrogen-bond donors (Lipinski definition) is 1. The summed E-state index contributed by atoms with van der Waals surface area (Å²) in [5.74, 6) is 0.333. The summed E-state index contributed by atoms with van der Waals surface area (Å²) in [4.78, 5) is 25.0. The van der Waals surface area contributed by atoms with Gasteiger partial charge in [-0.2, -0.15) is 0 Å². The highest BCUT2D eigenvalue weighted by Gasteiger charge is 2.72. The number of fused-ring (bicyclic) bond motifs is 4. The van der Waals surface area contributed by atoms with Crippen molar-refractivity contribution in [2.24, 2.45) is 29.6 Å². The summed E-state index contributed by atoms with van der Waals surface area (Å²) in [7, 11) is 0. The predicted molar refractivity (Wildman–Crippen MR) is 120 cm³/mol.